The van der Waals surface area contributed by atoms with Gasteiger partial charge < -0.3 is 9.97 Å². The molecule has 30 heavy (non-hydrogen) atoms. The lowest BCUT2D eigenvalue weighted by Gasteiger charge is -2.10. The van der Waals surface area contributed by atoms with Crippen molar-refractivity contribution < 1.29 is 13.0 Å². The highest BCUT2D eigenvalue weighted by Crippen LogP contribution is 2.24. The summed E-state index contributed by atoms with van der Waals surface area (Å²) in [5.74, 6) is 0. The van der Waals surface area contributed by atoms with Crippen LogP contribution in [-0.4, -0.2) is 22.9 Å². The zero-order valence-electron chi connectivity index (χ0n) is 16.0. The second kappa shape index (κ2) is 6.01. The van der Waals surface area contributed by atoms with Gasteiger partial charge in [-0.15, -0.1) is 0 Å². The maximum absolute atomic E-state index is 13.1. The SMILES string of the molecule is Cc1ccc2c(=O)c3cc4[nH]c5cc(S(=O)(=O)O)ccc5c(=O)c4cc3[nH]c2c1C. The minimum absolute atomic E-state index is 0.156. The predicted molar refractivity (Wildman–Crippen MR) is 117 cm³/mol. The molecular weight excluding hydrogens is 404 g/mol. The van der Waals surface area contributed by atoms with Crippen molar-refractivity contribution in [2.24, 2.45) is 0 Å². The van der Waals surface area contributed by atoms with Gasteiger partial charge in [0.05, 0.1) is 27.0 Å². The van der Waals surface area contributed by atoms with Gasteiger partial charge in [0.15, 0.2) is 10.9 Å². The van der Waals surface area contributed by atoms with Gasteiger partial charge in [0.1, 0.15) is 0 Å². The number of benzene rings is 3. The van der Waals surface area contributed by atoms with Crippen LogP contribution in [0.25, 0.3) is 43.6 Å². The first-order valence-electron chi connectivity index (χ1n) is 9.18. The molecule has 8 heteroatoms. The summed E-state index contributed by atoms with van der Waals surface area (Å²) in [6, 6.07) is 10.7. The summed E-state index contributed by atoms with van der Waals surface area (Å²) in [7, 11) is -4.41. The number of aromatic amines is 2. The molecule has 0 fully saturated rings. The van der Waals surface area contributed by atoms with Crippen molar-refractivity contribution >= 4 is 53.7 Å². The zero-order chi connectivity index (χ0) is 21.4. The van der Waals surface area contributed by atoms with E-state index in [0.717, 1.165) is 16.6 Å². The molecule has 2 heterocycles. The zero-order valence-corrected chi connectivity index (χ0v) is 16.8. The van der Waals surface area contributed by atoms with Gasteiger partial charge in [-0.2, -0.15) is 8.42 Å². The Morgan fingerprint density at radius 2 is 1.30 bits per heavy atom. The molecule has 0 amide bonds. The Hall–Kier alpha value is -3.49. The number of H-pyrrole nitrogens is 2. The molecule has 7 nitrogen and oxygen atoms in total. The van der Waals surface area contributed by atoms with E-state index >= 15 is 0 Å². The number of aromatic nitrogens is 2. The molecule has 0 atom stereocenters. The van der Waals surface area contributed by atoms with E-state index < -0.39 is 10.1 Å². The third kappa shape index (κ3) is 2.58. The second-order valence-electron chi connectivity index (χ2n) is 7.46. The molecule has 5 aromatic rings. The summed E-state index contributed by atoms with van der Waals surface area (Å²) in [6.45, 7) is 3.91. The van der Waals surface area contributed by atoms with Crippen molar-refractivity contribution in [3.05, 3.63) is 74.0 Å². The van der Waals surface area contributed by atoms with Crippen molar-refractivity contribution in [2.45, 2.75) is 18.7 Å². The molecule has 0 aliphatic rings. The fourth-order valence-corrected chi connectivity index (χ4v) is 4.41. The third-order valence-corrected chi connectivity index (χ3v) is 6.54. The Balaban J connectivity index is 1.94. The van der Waals surface area contributed by atoms with Crippen molar-refractivity contribution in [3.63, 3.8) is 0 Å². The van der Waals surface area contributed by atoms with Gasteiger partial charge in [-0.05, 0) is 61.4 Å². The normalized spacial score (nSPS) is 12.4. The second-order valence-corrected chi connectivity index (χ2v) is 8.89. The molecule has 0 unspecified atom stereocenters. The highest BCUT2D eigenvalue weighted by molar-refractivity contribution is 7.85. The number of rotatable bonds is 1. The van der Waals surface area contributed by atoms with Crippen molar-refractivity contribution in [1.29, 1.82) is 0 Å². The number of pyridine rings is 2. The van der Waals surface area contributed by atoms with Crippen LogP contribution in [0.5, 0.6) is 0 Å². The van der Waals surface area contributed by atoms with Crippen molar-refractivity contribution in [3.8, 4) is 0 Å². The molecule has 3 aromatic carbocycles. The van der Waals surface area contributed by atoms with Gasteiger partial charge in [0, 0.05) is 21.5 Å². The molecule has 3 N–H and O–H groups in total. The molecule has 0 saturated carbocycles. The maximum atomic E-state index is 13.1. The first kappa shape index (κ1) is 18.5. The summed E-state index contributed by atoms with van der Waals surface area (Å²) in [5, 5.41) is 1.63. The molecule has 2 aromatic heterocycles. The van der Waals surface area contributed by atoms with Crippen LogP contribution in [0.3, 0.4) is 0 Å². The van der Waals surface area contributed by atoms with Crippen LogP contribution in [0.4, 0.5) is 0 Å². The average Bonchev–Trinajstić information content (AvgIpc) is 2.70. The van der Waals surface area contributed by atoms with Crippen LogP contribution in [-0.2, 0) is 10.1 Å². The van der Waals surface area contributed by atoms with Gasteiger partial charge in [-0.1, -0.05) is 6.07 Å². The van der Waals surface area contributed by atoms with E-state index in [9.17, 15) is 22.6 Å². The Morgan fingerprint density at radius 3 is 1.97 bits per heavy atom. The maximum Gasteiger partial charge on any atom is 0.294 e. The molecule has 0 aliphatic carbocycles. The molecule has 0 spiro atoms. The highest BCUT2D eigenvalue weighted by Gasteiger charge is 2.15. The largest absolute Gasteiger partial charge is 0.354 e. The summed E-state index contributed by atoms with van der Waals surface area (Å²) in [4.78, 5) is 32.1. The quantitative estimate of drug-likeness (QED) is 0.283. The fourth-order valence-electron chi connectivity index (χ4n) is 3.90. The molecule has 0 saturated heterocycles. The third-order valence-electron chi connectivity index (χ3n) is 5.69. The van der Waals surface area contributed by atoms with E-state index in [0.29, 0.717) is 27.2 Å². The summed E-state index contributed by atoms with van der Waals surface area (Å²) >= 11 is 0. The lowest BCUT2D eigenvalue weighted by Crippen LogP contribution is -2.09. The molecule has 0 radical (unpaired) electrons. The lowest BCUT2D eigenvalue weighted by molar-refractivity contribution is 0.483. The Kier molecular flexibility index (Phi) is 3.71. The van der Waals surface area contributed by atoms with Crippen LogP contribution < -0.4 is 10.9 Å². The van der Waals surface area contributed by atoms with E-state index in [4.69, 9.17) is 0 Å². The van der Waals surface area contributed by atoms with Crippen LogP contribution in [0.2, 0.25) is 0 Å². The summed E-state index contributed by atoms with van der Waals surface area (Å²) < 4.78 is 32.2. The highest BCUT2D eigenvalue weighted by atomic mass is 32.2. The fraction of sp³-hybridized carbons (Fsp3) is 0.0909. The van der Waals surface area contributed by atoms with Crippen LogP contribution in [0.15, 0.2) is 56.9 Å². The van der Waals surface area contributed by atoms with E-state index in [-0.39, 0.29) is 26.7 Å². The van der Waals surface area contributed by atoms with E-state index in [2.05, 4.69) is 9.97 Å². The van der Waals surface area contributed by atoms with Gasteiger partial charge in [0.2, 0.25) is 0 Å². The molecule has 0 bridgehead atoms. The van der Waals surface area contributed by atoms with Gasteiger partial charge >= 0.3 is 0 Å². The monoisotopic (exact) mass is 420 g/mol. The number of hydrogen-bond donors (Lipinski definition) is 3. The smallest absolute Gasteiger partial charge is 0.294 e. The van der Waals surface area contributed by atoms with Crippen LogP contribution in [0.1, 0.15) is 11.1 Å². The summed E-state index contributed by atoms with van der Waals surface area (Å²) in [5.41, 5.74) is 3.51. The van der Waals surface area contributed by atoms with Gasteiger partial charge in [-0.25, -0.2) is 0 Å². The Morgan fingerprint density at radius 1 is 0.733 bits per heavy atom. The Labute approximate surface area is 169 Å². The van der Waals surface area contributed by atoms with Crippen molar-refractivity contribution in [1.82, 2.24) is 9.97 Å². The number of fused-ring (bicyclic) bond motifs is 4. The number of nitrogens with one attached hydrogen (secondary N) is 2. The van der Waals surface area contributed by atoms with Crippen LogP contribution >= 0.6 is 0 Å². The number of hydrogen-bond acceptors (Lipinski definition) is 4. The van der Waals surface area contributed by atoms with Gasteiger partial charge in [0.25, 0.3) is 10.1 Å². The van der Waals surface area contributed by atoms with Gasteiger partial charge in [-0.3, -0.25) is 14.1 Å². The molecular formula is C22H16N2O5S. The number of aryl methyl sites for hydroxylation is 2. The predicted octanol–water partition coefficient (Wildman–Crippen LogP) is 3.54. The summed E-state index contributed by atoms with van der Waals surface area (Å²) in [6.07, 6.45) is 0. The molecule has 0 aliphatic heterocycles. The minimum atomic E-state index is -4.41. The van der Waals surface area contributed by atoms with E-state index in [1.165, 1.54) is 18.2 Å². The lowest BCUT2D eigenvalue weighted by atomic mass is 10.0. The topological polar surface area (TPSA) is 120 Å². The molecule has 150 valence electrons. The standard InChI is InChI=1S/C22H16N2O5S/c1-10-3-5-14-20(11(10)2)24-19-9-15-18(8-16(19)22(14)26)23-17-7-12(30(27,28)29)4-6-13(17)21(15)25/h3-9H,1-2H3,(H,23,25)(H,24,26)(H,27,28,29). The van der Waals surface area contributed by atoms with E-state index in [1.54, 1.807) is 18.2 Å². The minimum Gasteiger partial charge on any atom is -0.354 e. The first-order chi connectivity index (χ1) is 14.1. The average molecular weight is 420 g/mol. The first-order valence-corrected chi connectivity index (χ1v) is 10.6. The molecule has 5 rings (SSSR count). The van der Waals surface area contributed by atoms with Crippen LogP contribution in [0, 0.1) is 13.8 Å². The van der Waals surface area contributed by atoms with E-state index in [1.807, 2.05) is 19.9 Å². The Bertz CT molecular complexity index is 1780. The van der Waals surface area contributed by atoms with Crippen molar-refractivity contribution in [2.75, 3.05) is 0 Å².